The number of aromatic amines is 1. The standard InChI is InChI=1S/C16H23N5OS2/c1-12(2)13-11-14(22)19-15(18-13)23-10-8-20-4-6-21(7-5-20)16-17-3-9-24-16/h3,9,11-12H,4-8,10H2,1-2H3,(H,18,19,22). The number of H-pyrrole nitrogens is 1. The maximum atomic E-state index is 11.7. The molecule has 1 fully saturated rings. The molecule has 0 atom stereocenters. The number of thioether (sulfide) groups is 1. The van der Waals surface area contributed by atoms with Gasteiger partial charge in [0.05, 0.1) is 5.69 Å². The van der Waals surface area contributed by atoms with Crippen molar-refractivity contribution in [1.29, 1.82) is 0 Å². The molecule has 0 aromatic carbocycles. The minimum Gasteiger partial charge on any atom is -0.346 e. The van der Waals surface area contributed by atoms with E-state index in [-0.39, 0.29) is 11.5 Å². The van der Waals surface area contributed by atoms with Crippen LogP contribution >= 0.6 is 23.1 Å². The monoisotopic (exact) mass is 365 g/mol. The second kappa shape index (κ2) is 8.13. The number of nitrogens with zero attached hydrogens (tertiary/aromatic N) is 4. The Labute approximate surface area is 150 Å². The summed E-state index contributed by atoms with van der Waals surface area (Å²) in [6.45, 7) is 9.26. The second-order valence-electron chi connectivity index (χ2n) is 6.12. The highest BCUT2D eigenvalue weighted by Gasteiger charge is 2.18. The molecule has 8 heteroatoms. The van der Waals surface area contributed by atoms with E-state index in [1.54, 1.807) is 29.2 Å². The van der Waals surface area contributed by atoms with Crippen molar-refractivity contribution in [3.05, 3.63) is 33.7 Å². The molecule has 1 N–H and O–H groups in total. The van der Waals surface area contributed by atoms with Gasteiger partial charge in [0.1, 0.15) is 0 Å². The third-order valence-corrected chi connectivity index (χ3v) is 5.73. The third kappa shape index (κ3) is 4.58. The first-order valence-electron chi connectivity index (χ1n) is 8.22. The van der Waals surface area contributed by atoms with Gasteiger partial charge >= 0.3 is 0 Å². The first-order valence-corrected chi connectivity index (χ1v) is 10.1. The van der Waals surface area contributed by atoms with Crippen LogP contribution in [0.2, 0.25) is 0 Å². The van der Waals surface area contributed by atoms with Crippen molar-refractivity contribution in [3.8, 4) is 0 Å². The van der Waals surface area contributed by atoms with Crippen molar-refractivity contribution in [3.63, 3.8) is 0 Å². The fourth-order valence-corrected chi connectivity index (χ4v) is 4.21. The topological polar surface area (TPSA) is 65.1 Å². The molecule has 0 saturated carbocycles. The Hall–Kier alpha value is -1.38. The maximum Gasteiger partial charge on any atom is 0.251 e. The zero-order chi connectivity index (χ0) is 16.9. The number of hydrogen-bond donors (Lipinski definition) is 1. The zero-order valence-electron chi connectivity index (χ0n) is 14.1. The van der Waals surface area contributed by atoms with Crippen LogP contribution in [0.1, 0.15) is 25.5 Å². The molecule has 3 heterocycles. The molecule has 6 nitrogen and oxygen atoms in total. The number of anilines is 1. The largest absolute Gasteiger partial charge is 0.346 e. The summed E-state index contributed by atoms with van der Waals surface area (Å²) in [5.74, 6) is 1.20. The SMILES string of the molecule is CC(C)c1cc(=O)[nH]c(SCCN2CCN(c3nccs3)CC2)n1. The fraction of sp³-hybridized carbons (Fsp3) is 0.562. The summed E-state index contributed by atoms with van der Waals surface area (Å²) in [4.78, 5) is 28.2. The summed E-state index contributed by atoms with van der Waals surface area (Å²) in [5.41, 5.74) is 0.798. The molecule has 0 spiro atoms. The van der Waals surface area contributed by atoms with Crippen LogP contribution in [-0.4, -0.2) is 58.3 Å². The molecule has 0 aliphatic carbocycles. The number of piperazine rings is 1. The summed E-state index contributed by atoms with van der Waals surface area (Å²) < 4.78 is 0. The number of aromatic nitrogens is 3. The lowest BCUT2D eigenvalue weighted by Crippen LogP contribution is -2.47. The van der Waals surface area contributed by atoms with Gasteiger partial charge in [0.25, 0.3) is 5.56 Å². The molecule has 2 aromatic heterocycles. The molecule has 0 radical (unpaired) electrons. The lowest BCUT2D eigenvalue weighted by Gasteiger charge is -2.34. The molecule has 24 heavy (non-hydrogen) atoms. The number of nitrogens with one attached hydrogen (secondary N) is 1. The van der Waals surface area contributed by atoms with Gasteiger partial charge in [-0.05, 0) is 5.92 Å². The lowest BCUT2D eigenvalue weighted by atomic mass is 10.1. The van der Waals surface area contributed by atoms with Crippen molar-refractivity contribution >= 4 is 28.2 Å². The molecule has 1 saturated heterocycles. The van der Waals surface area contributed by atoms with Crippen LogP contribution < -0.4 is 10.5 Å². The van der Waals surface area contributed by atoms with Crippen molar-refractivity contribution < 1.29 is 0 Å². The third-order valence-electron chi connectivity index (χ3n) is 4.04. The average Bonchev–Trinajstić information content (AvgIpc) is 3.09. The Balaban J connectivity index is 1.45. The van der Waals surface area contributed by atoms with Crippen LogP contribution in [-0.2, 0) is 0 Å². The molecule has 0 unspecified atom stereocenters. The van der Waals surface area contributed by atoms with Gasteiger partial charge in [-0.3, -0.25) is 9.69 Å². The Morgan fingerprint density at radius 1 is 1.33 bits per heavy atom. The second-order valence-corrected chi connectivity index (χ2v) is 8.08. The number of rotatable bonds is 6. The van der Waals surface area contributed by atoms with E-state index in [1.807, 2.05) is 11.6 Å². The zero-order valence-corrected chi connectivity index (χ0v) is 15.7. The Morgan fingerprint density at radius 2 is 2.12 bits per heavy atom. The van der Waals surface area contributed by atoms with Crippen molar-refractivity contribution in [2.24, 2.45) is 0 Å². The van der Waals surface area contributed by atoms with E-state index in [1.165, 1.54) is 0 Å². The lowest BCUT2D eigenvalue weighted by molar-refractivity contribution is 0.273. The predicted molar refractivity (Wildman–Crippen MR) is 100 cm³/mol. The van der Waals surface area contributed by atoms with E-state index in [2.05, 4.69) is 38.6 Å². The van der Waals surface area contributed by atoms with E-state index in [4.69, 9.17) is 0 Å². The Kier molecular flexibility index (Phi) is 5.91. The van der Waals surface area contributed by atoms with Crippen molar-refractivity contribution in [2.75, 3.05) is 43.4 Å². The predicted octanol–water partition coefficient (Wildman–Crippen LogP) is 2.26. The van der Waals surface area contributed by atoms with E-state index >= 15 is 0 Å². The summed E-state index contributed by atoms with van der Waals surface area (Å²) >= 11 is 3.33. The van der Waals surface area contributed by atoms with Gasteiger partial charge in [0.15, 0.2) is 10.3 Å². The highest BCUT2D eigenvalue weighted by molar-refractivity contribution is 7.99. The summed E-state index contributed by atoms with van der Waals surface area (Å²) in [7, 11) is 0. The van der Waals surface area contributed by atoms with Crippen LogP contribution in [0.25, 0.3) is 0 Å². The smallest absolute Gasteiger partial charge is 0.251 e. The molecule has 0 bridgehead atoms. The van der Waals surface area contributed by atoms with Crippen molar-refractivity contribution in [2.45, 2.75) is 24.9 Å². The normalized spacial score (nSPS) is 16.0. The molecule has 2 aromatic rings. The van der Waals surface area contributed by atoms with Gasteiger partial charge in [0, 0.05) is 56.1 Å². The molecule has 0 amide bonds. The molecule has 1 aliphatic rings. The van der Waals surface area contributed by atoms with E-state index in [9.17, 15) is 4.79 Å². The van der Waals surface area contributed by atoms with E-state index in [0.717, 1.165) is 54.5 Å². The van der Waals surface area contributed by atoms with Gasteiger partial charge in [-0.2, -0.15) is 0 Å². The van der Waals surface area contributed by atoms with Gasteiger partial charge < -0.3 is 9.88 Å². The van der Waals surface area contributed by atoms with Gasteiger partial charge in [-0.15, -0.1) is 11.3 Å². The highest BCUT2D eigenvalue weighted by atomic mass is 32.2. The minimum atomic E-state index is -0.0618. The number of hydrogen-bond acceptors (Lipinski definition) is 7. The Bertz CT molecular complexity index is 693. The summed E-state index contributed by atoms with van der Waals surface area (Å²) in [5, 5.41) is 3.88. The first-order chi connectivity index (χ1) is 11.6. The van der Waals surface area contributed by atoms with Gasteiger partial charge in [0.2, 0.25) is 0 Å². The van der Waals surface area contributed by atoms with E-state index < -0.39 is 0 Å². The average molecular weight is 366 g/mol. The van der Waals surface area contributed by atoms with Crippen LogP contribution in [0, 0.1) is 0 Å². The summed E-state index contributed by atoms with van der Waals surface area (Å²) in [6, 6.07) is 1.59. The summed E-state index contributed by atoms with van der Waals surface area (Å²) in [6.07, 6.45) is 1.86. The minimum absolute atomic E-state index is 0.0618. The molecule has 1 aliphatic heterocycles. The van der Waals surface area contributed by atoms with Crippen LogP contribution in [0.5, 0.6) is 0 Å². The number of thiazole rings is 1. The van der Waals surface area contributed by atoms with E-state index in [0.29, 0.717) is 0 Å². The molecule has 130 valence electrons. The highest BCUT2D eigenvalue weighted by Crippen LogP contribution is 2.19. The fourth-order valence-electron chi connectivity index (χ4n) is 2.62. The maximum absolute atomic E-state index is 11.7. The van der Waals surface area contributed by atoms with Crippen LogP contribution in [0.3, 0.4) is 0 Å². The molecular formula is C16H23N5OS2. The van der Waals surface area contributed by atoms with Gasteiger partial charge in [-0.1, -0.05) is 25.6 Å². The molecular weight excluding hydrogens is 342 g/mol. The first kappa shape index (κ1) is 17.4. The quantitative estimate of drug-likeness (QED) is 0.626. The van der Waals surface area contributed by atoms with Crippen LogP contribution in [0.15, 0.2) is 27.6 Å². The molecule has 3 rings (SSSR count). The Morgan fingerprint density at radius 3 is 2.79 bits per heavy atom. The van der Waals surface area contributed by atoms with Gasteiger partial charge in [-0.25, -0.2) is 9.97 Å². The van der Waals surface area contributed by atoms with Crippen LogP contribution in [0.4, 0.5) is 5.13 Å². The van der Waals surface area contributed by atoms with Crippen molar-refractivity contribution in [1.82, 2.24) is 19.9 Å².